The number of piperidine rings is 1. The van der Waals surface area contributed by atoms with E-state index >= 15 is 0 Å². The quantitative estimate of drug-likeness (QED) is 0.373. The van der Waals surface area contributed by atoms with Crippen LogP contribution in [0.25, 0.3) is 0 Å². The highest BCUT2D eigenvalue weighted by Crippen LogP contribution is 2.20. The second kappa shape index (κ2) is 10.9. The number of guanidine groups is 1. The normalized spacial score (nSPS) is 18.0. The largest absolute Gasteiger partial charge is 0.370 e. The Morgan fingerprint density at radius 1 is 1.48 bits per heavy atom. The Balaban J connectivity index is 0.00000312. The molecule has 2 heterocycles. The monoisotopic (exact) mass is 479 g/mol. The molecule has 1 amide bonds. The first-order valence-corrected chi connectivity index (χ1v) is 9.55. The molecular formula is C17H30IN5OS. The van der Waals surface area contributed by atoms with Crippen molar-refractivity contribution in [1.29, 1.82) is 0 Å². The number of nitrogens with one attached hydrogen (secondary N) is 1. The van der Waals surface area contributed by atoms with Crippen LogP contribution in [0.5, 0.6) is 0 Å². The molecule has 0 saturated carbocycles. The van der Waals surface area contributed by atoms with Gasteiger partial charge in [-0.05, 0) is 39.5 Å². The summed E-state index contributed by atoms with van der Waals surface area (Å²) in [6, 6.07) is 0. The van der Waals surface area contributed by atoms with Gasteiger partial charge in [-0.25, -0.2) is 4.98 Å². The van der Waals surface area contributed by atoms with Crippen molar-refractivity contribution in [2.24, 2.45) is 16.6 Å². The highest BCUT2D eigenvalue weighted by molar-refractivity contribution is 14.0. The fraction of sp³-hybridized carbons (Fsp3) is 0.706. The summed E-state index contributed by atoms with van der Waals surface area (Å²) in [6.07, 6.45) is 3.54. The number of aliphatic imine (C=N–C) groups is 1. The minimum Gasteiger partial charge on any atom is -0.370 e. The molecule has 1 saturated heterocycles. The number of halogens is 1. The van der Waals surface area contributed by atoms with Crippen molar-refractivity contribution in [3.8, 4) is 0 Å². The zero-order valence-corrected chi connectivity index (χ0v) is 18.5. The molecule has 0 spiro atoms. The van der Waals surface area contributed by atoms with Crippen molar-refractivity contribution in [2.45, 2.75) is 46.5 Å². The van der Waals surface area contributed by atoms with Crippen molar-refractivity contribution in [3.05, 3.63) is 15.6 Å². The van der Waals surface area contributed by atoms with Crippen LogP contribution < -0.4 is 11.1 Å². The number of amides is 1. The van der Waals surface area contributed by atoms with Gasteiger partial charge in [-0.15, -0.1) is 35.3 Å². The van der Waals surface area contributed by atoms with Crippen LogP contribution in [0, 0.1) is 19.8 Å². The van der Waals surface area contributed by atoms with Crippen LogP contribution in [0.4, 0.5) is 0 Å². The first-order valence-electron chi connectivity index (χ1n) is 8.74. The number of carbonyl (C=O) groups excluding carboxylic acids is 1. The number of thiazole rings is 1. The number of hydrogen-bond acceptors (Lipinski definition) is 4. The minimum atomic E-state index is -0.208. The molecule has 1 unspecified atom stereocenters. The van der Waals surface area contributed by atoms with Crippen molar-refractivity contribution < 1.29 is 4.79 Å². The Kier molecular flexibility index (Phi) is 9.70. The highest BCUT2D eigenvalue weighted by atomic mass is 127. The number of carbonyl (C=O) groups is 1. The fourth-order valence-corrected chi connectivity index (χ4v) is 4.13. The molecule has 1 aliphatic heterocycles. The van der Waals surface area contributed by atoms with Gasteiger partial charge in [0.05, 0.1) is 10.7 Å². The van der Waals surface area contributed by atoms with Crippen molar-refractivity contribution in [2.75, 3.05) is 26.2 Å². The van der Waals surface area contributed by atoms with Crippen LogP contribution in [0.2, 0.25) is 0 Å². The number of aryl methyl sites for hydroxylation is 2. The molecule has 8 heteroatoms. The summed E-state index contributed by atoms with van der Waals surface area (Å²) in [4.78, 5) is 24.0. The second-order valence-corrected chi connectivity index (χ2v) is 7.64. The average Bonchev–Trinajstić information content (AvgIpc) is 2.84. The zero-order valence-electron chi connectivity index (χ0n) is 15.4. The summed E-state index contributed by atoms with van der Waals surface area (Å²) < 4.78 is 0. The van der Waals surface area contributed by atoms with Gasteiger partial charge in [-0.2, -0.15) is 0 Å². The predicted octanol–water partition coefficient (Wildman–Crippen LogP) is 2.47. The number of rotatable bonds is 6. The van der Waals surface area contributed by atoms with Crippen LogP contribution in [0.3, 0.4) is 0 Å². The lowest BCUT2D eigenvalue weighted by Crippen LogP contribution is -2.47. The maximum Gasteiger partial charge on any atom is 0.217 e. The minimum absolute atomic E-state index is 0. The highest BCUT2D eigenvalue weighted by Gasteiger charge is 2.23. The lowest BCUT2D eigenvalue weighted by molar-refractivity contribution is -0.119. The number of hydrogen-bond donors (Lipinski definition) is 2. The van der Waals surface area contributed by atoms with Crippen molar-refractivity contribution in [1.82, 2.24) is 15.2 Å². The van der Waals surface area contributed by atoms with Gasteiger partial charge in [0, 0.05) is 43.9 Å². The third-order valence-electron chi connectivity index (χ3n) is 4.24. The van der Waals surface area contributed by atoms with E-state index in [0.29, 0.717) is 12.3 Å². The molecule has 3 N–H and O–H groups in total. The molecule has 0 bridgehead atoms. The third-order valence-corrected chi connectivity index (χ3v) is 5.38. The van der Waals surface area contributed by atoms with Crippen LogP contribution in [-0.4, -0.2) is 47.9 Å². The summed E-state index contributed by atoms with van der Waals surface area (Å²) in [5.41, 5.74) is 6.48. The molecule has 0 aliphatic carbocycles. The van der Waals surface area contributed by atoms with Gasteiger partial charge < -0.3 is 16.0 Å². The maximum atomic E-state index is 11.2. The summed E-state index contributed by atoms with van der Waals surface area (Å²) in [5.74, 6) is 1.08. The molecule has 1 aromatic rings. The standard InChI is InChI=1S/C17H29N5OS.HI/c1-4-19-17(20-8-7-15-12(2)21-13(3)24-15)22-9-5-6-14(11-22)10-16(18)23;/h14H,4-11H2,1-3H3,(H2,18,23)(H,19,20);1H. The van der Waals surface area contributed by atoms with E-state index in [4.69, 9.17) is 10.7 Å². The topological polar surface area (TPSA) is 83.6 Å². The van der Waals surface area contributed by atoms with E-state index in [-0.39, 0.29) is 29.9 Å². The molecular weight excluding hydrogens is 449 g/mol. The third kappa shape index (κ3) is 7.08. The van der Waals surface area contributed by atoms with Gasteiger partial charge in [-0.1, -0.05) is 0 Å². The number of nitrogens with zero attached hydrogens (tertiary/aromatic N) is 3. The van der Waals surface area contributed by atoms with Crippen LogP contribution in [-0.2, 0) is 11.2 Å². The van der Waals surface area contributed by atoms with E-state index in [9.17, 15) is 4.79 Å². The molecule has 1 atom stereocenters. The first kappa shape index (κ1) is 22.1. The summed E-state index contributed by atoms with van der Waals surface area (Å²) in [5, 5.41) is 4.49. The summed E-state index contributed by atoms with van der Waals surface area (Å²) in [7, 11) is 0. The number of nitrogens with two attached hydrogens (primary N) is 1. The van der Waals surface area contributed by atoms with E-state index in [1.165, 1.54) is 4.88 Å². The Hall–Kier alpha value is -0.900. The Bertz CT molecular complexity index is 590. The first-order chi connectivity index (χ1) is 11.5. The Labute approximate surface area is 171 Å². The lowest BCUT2D eigenvalue weighted by Gasteiger charge is -2.34. The zero-order chi connectivity index (χ0) is 17.5. The van der Waals surface area contributed by atoms with Crippen LogP contribution in [0.15, 0.2) is 4.99 Å². The number of primary amides is 1. The van der Waals surface area contributed by atoms with Gasteiger partial charge in [0.25, 0.3) is 0 Å². The molecule has 1 fully saturated rings. The second-order valence-electron chi connectivity index (χ2n) is 6.35. The molecule has 0 radical (unpaired) electrons. The fourth-order valence-electron chi connectivity index (χ4n) is 3.20. The van der Waals surface area contributed by atoms with Crippen LogP contribution in [0.1, 0.15) is 41.8 Å². The number of likely N-dealkylation sites (tertiary alicyclic amines) is 1. The van der Waals surface area contributed by atoms with Gasteiger partial charge in [0.1, 0.15) is 0 Å². The van der Waals surface area contributed by atoms with E-state index in [1.807, 2.05) is 6.92 Å². The summed E-state index contributed by atoms with van der Waals surface area (Å²) >= 11 is 1.76. The van der Waals surface area contributed by atoms with E-state index in [1.54, 1.807) is 11.3 Å². The van der Waals surface area contributed by atoms with Gasteiger partial charge in [0.15, 0.2) is 5.96 Å². The van der Waals surface area contributed by atoms with E-state index < -0.39 is 0 Å². The van der Waals surface area contributed by atoms with Crippen molar-refractivity contribution >= 4 is 47.2 Å². The Morgan fingerprint density at radius 3 is 2.84 bits per heavy atom. The summed E-state index contributed by atoms with van der Waals surface area (Å²) in [6.45, 7) is 9.62. The van der Waals surface area contributed by atoms with Crippen molar-refractivity contribution in [3.63, 3.8) is 0 Å². The van der Waals surface area contributed by atoms with Crippen LogP contribution >= 0.6 is 35.3 Å². The molecule has 142 valence electrons. The van der Waals surface area contributed by atoms with Gasteiger partial charge in [-0.3, -0.25) is 9.79 Å². The molecule has 25 heavy (non-hydrogen) atoms. The molecule has 2 rings (SSSR count). The molecule has 1 aliphatic rings. The van der Waals surface area contributed by atoms with Gasteiger partial charge in [0.2, 0.25) is 5.91 Å². The molecule has 6 nitrogen and oxygen atoms in total. The molecule has 0 aromatic carbocycles. The van der Waals surface area contributed by atoms with E-state index in [0.717, 1.165) is 62.1 Å². The maximum absolute atomic E-state index is 11.2. The lowest BCUT2D eigenvalue weighted by atomic mass is 9.95. The smallest absolute Gasteiger partial charge is 0.217 e. The average molecular weight is 479 g/mol. The van der Waals surface area contributed by atoms with Gasteiger partial charge >= 0.3 is 0 Å². The predicted molar refractivity (Wildman–Crippen MR) is 115 cm³/mol. The van der Waals surface area contributed by atoms with E-state index in [2.05, 4.69) is 29.0 Å². The molecule has 1 aromatic heterocycles. The number of aromatic nitrogens is 1. The SMILES string of the molecule is CCNC(=NCCc1sc(C)nc1C)N1CCCC(CC(N)=O)C1.I. The Morgan fingerprint density at radius 2 is 2.24 bits per heavy atom.